The van der Waals surface area contributed by atoms with Crippen LogP contribution in [0.3, 0.4) is 0 Å². The molecule has 0 spiro atoms. The number of anilines is 2. The Morgan fingerprint density at radius 3 is 1.66 bits per heavy atom. The van der Waals surface area contributed by atoms with Crippen LogP contribution in [-0.2, 0) is 48.1 Å². The Balaban J connectivity index is 1.68. The van der Waals surface area contributed by atoms with Crippen molar-refractivity contribution >= 4 is 40.0 Å². The number of ether oxygens (including phenoxy) is 5. The molecule has 0 radical (unpaired) electrons. The minimum absolute atomic E-state index is 0.0216. The van der Waals surface area contributed by atoms with Crippen molar-refractivity contribution in [3.63, 3.8) is 0 Å². The van der Waals surface area contributed by atoms with Gasteiger partial charge >= 0.3 is 11.9 Å². The van der Waals surface area contributed by atoms with Crippen LogP contribution in [0.5, 0.6) is 11.5 Å². The van der Waals surface area contributed by atoms with E-state index < -0.39 is 11.2 Å². The van der Waals surface area contributed by atoms with E-state index in [1.165, 1.54) is 0 Å². The number of hydrogen-bond acceptors (Lipinski definition) is 10. The molecular weight excluding hydrogens is 711 g/mol. The fourth-order valence-electron chi connectivity index (χ4n) is 6.84. The van der Waals surface area contributed by atoms with E-state index in [4.69, 9.17) is 23.7 Å². The highest BCUT2D eigenvalue weighted by Crippen LogP contribution is 2.40. The number of benzene rings is 4. The van der Waals surface area contributed by atoms with Crippen LogP contribution in [0.4, 0.5) is 11.4 Å². The van der Waals surface area contributed by atoms with Crippen molar-refractivity contribution in [2.75, 3.05) is 63.4 Å². The number of carbonyl (C=O) groups is 3. The molecule has 0 unspecified atom stereocenters. The van der Waals surface area contributed by atoms with Crippen molar-refractivity contribution in [1.29, 1.82) is 0 Å². The lowest BCUT2D eigenvalue weighted by atomic mass is 9.96. The maximum absolute atomic E-state index is 13.7. The average molecular weight is 768 g/mol. The minimum Gasteiger partial charge on any atom is -0.497 e. The molecular formula is C45H57N3O8. The Morgan fingerprint density at radius 2 is 1.16 bits per heavy atom. The van der Waals surface area contributed by atoms with Crippen molar-refractivity contribution < 1.29 is 38.1 Å². The van der Waals surface area contributed by atoms with Gasteiger partial charge in [-0.15, -0.1) is 0 Å². The lowest BCUT2D eigenvalue weighted by Crippen LogP contribution is -2.40. The highest BCUT2D eigenvalue weighted by molar-refractivity contribution is 6.05. The van der Waals surface area contributed by atoms with Crippen LogP contribution in [0.2, 0.25) is 0 Å². The first kappa shape index (κ1) is 41.9. The second-order valence-electron chi connectivity index (χ2n) is 16.0. The Hall–Kier alpha value is -5.29. The van der Waals surface area contributed by atoms with E-state index in [0.29, 0.717) is 45.8 Å². The molecule has 0 N–H and O–H groups in total. The minimum atomic E-state index is -0.689. The maximum atomic E-state index is 13.7. The Kier molecular flexibility index (Phi) is 13.9. The van der Waals surface area contributed by atoms with Gasteiger partial charge in [-0.1, -0.05) is 48.5 Å². The third kappa shape index (κ3) is 11.9. The molecule has 1 aliphatic heterocycles. The number of aryl methyl sites for hydroxylation is 1. The fourth-order valence-corrected chi connectivity index (χ4v) is 6.84. The first-order valence-electron chi connectivity index (χ1n) is 19.2. The number of carbonyl (C=O) groups excluding carboxylic acids is 3. The number of rotatable bonds is 15. The monoisotopic (exact) mass is 767 g/mol. The molecule has 0 atom stereocenters. The third-order valence-corrected chi connectivity index (χ3v) is 9.25. The summed E-state index contributed by atoms with van der Waals surface area (Å²) in [5.41, 5.74) is 3.06. The number of esters is 2. The van der Waals surface area contributed by atoms with Crippen molar-refractivity contribution in [1.82, 2.24) is 4.90 Å². The summed E-state index contributed by atoms with van der Waals surface area (Å²) in [4.78, 5) is 46.9. The van der Waals surface area contributed by atoms with Gasteiger partial charge in [0.15, 0.2) is 0 Å². The van der Waals surface area contributed by atoms with Gasteiger partial charge in [-0.3, -0.25) is 14.4 Å². The van der Waals surface area contributed by atoms with Gasteiger partial charge in [0, 0.05) is 54.7 Å². The van der Waals surface area contributed by atoms with Gasteiger partial charge in [-0.25, -0.2) is 0 Å². The summed E-state index contributed by atoms with van der Waals surface area (Å²) in [6.45, 7) is 14.0. The van der Waals surface area contributed by atoms with Gasteiger partial charge in [-0.2, -0.15) is 0 Å². The van der Waals surface area contributed by atoms with Crippen molar-refractivity contribution in [2.45, 2.75) is 78.7 Å². The molecule has 4 aromatic carbocycles. The third-order valence-electron chi connectivity index (χ3n) is 9.25. The van der Waals surface area contributed by atoms with Gasteiger partial charge in [-0.05, 0) is 95.0 Å². The van der Waals surface area contributed by atoms with E-state index in [2.05, 4.69) is 6.07 Å². The van der Waals surface area contributed by atoms with Crippen LogP contribution >= 0.6 is 0 Å². The highest BCUT2D eigenvalue weighted by Gasteiger charge is 2.28. The summed E-state index contributed by atoms with van der Waals surface area (Å²) in [7, 11) is 3.26. The van der Waals surface area contributed by atoms with Crippen LogP contribution in [0.15, 0.2) is 78.9 Å². The molecule has 56 heavy (non-hydrogen) atoms. The van der Waals surface area contributed by atoms with Gasteiger partial charge in [0.2, 0.25) is 5.91 Å². The molecule has 0 bridgehead atoms. The van der Waals surface area contributed by atoms with Crippen LogP contribution in [-0.4, -0.2) is 87.6 Å². The Morgan fingerprint density at radius 1 is 0.679 bits per heavy atom. The molecule has 4 aromatic rings. The second-order valence-corrected chi connectivity index (χ2v) is 16.0. The zero-order valence-electron chi connectivity index (χ0n) is 34.2. The Bertz CT molecular complexity index is 1940. The molecule has 1 fully saturated rings. The average Bonchev–Trinajstić information content (AvgIpc) is 3.15. The summed E-state index contributed by atoms with van der Waals surface area (Å²) in [6.07, 6.45) is 0.637. The number of morpholine rings is 1. The zero-order chi connectivity index (χ0) is 40.5. The van der Waals surface area contributed by atoms with Crippen LogP contribution in [0.1, 0.15) is 64.7 Å². The molecule has 300 valence electrons. The standard InChI is InChI=1S/C45H57N3O8/c1-44(2,3)55-41(50)30-47(28-32-13-18-35(52-7)19-14-32)39-27-34(17-22-40(49)46-23-25-54-26-24-46)43(38-12-10-9-11-37(38)39)48(31-42(51)56-45(4,5)6)29-33-15-20-36(53-8)21-16-33/h9-16,18-21,27H,17,22-26,28-31H2,1-8H3. The zero-order valence-corrected chi connectivity index (χ0v) is 34.2. The van der Waals surface area contributed by atoms with Crippen LogP contribution in [0, 0.1) is 0 Å². The summed E-state index contributed by atoms with van der Waals surface area (Å²) in [5, 5.41) is 1.76. The molecule has 1 aliphatic rings. The quantitative estimate of drug-likeness (QED) is 0.114. The maximum Gasteiger partial charge on any atom is 0.326 e. The first-order chi connectivity index (χ1) is 26.6. The van der Waals surface area contributed by atoms with Crippen molar-refractivity contribution in [2.24, 2.45) is 0 Å². The molecule has 1 heterocycles. The van der Waals surface area contributed by atoms with Crippen LogP contribution < -0.4 is 19.3 Å². The predicted molar refractivity (Wildman–Crippen MR) is 219 cm³/mol. The fraction of sp³-hybridized carbons (Fsp3) is 0.444. The summed E-state index contributed by atoms with van der Waals surface area (Å²) < 4.78 is 28.1. The lowest BCUT2D eigenvalue weighted by molar-refractivity contribution is -0.154. The van der Waals surface area contributed by atoms with E-state index in [1.807, 2.05) is 129 Å². The SMILES string of the molecule is COc1ccc(CN(CC(=O)OC(C)(C)C)c2cc(CCC(=O)N3CCOCC3)c(N(CC(=O)OC(C)(C)C)Cc3ccc(OC)cc3)c3ccccc23)cc1. The molecule has 11 nitrogen and oxygen atoms in total. The number of fused-ring (bicyclic) bond motifs is 1. The van der Waals surface area contributed by atoms with Gasteiger partial charge in [0.1, 0.15) is 35.8 Å². The van der Waals surface area contributed by atoms with E-state index >= 15 is 0 Å². The highest BCUT2D eigenvalue weighted by atomic mass is 16.6. The summed E-state index contributed by atoms with van der Waals surface area (Å²) in [5.74, 6) is 0.754. The first-order valence-corrected chi connectivity index (χ1v) is 19.2. The van der Waals surface area contributed by atoms with E-state index in [0.717, 1.165) is 50.3 Å². The molecule has 0 aliphatic carbocycles. The largest absolute Gasteiger partial charge is 0.497 e. The van der Waals surface area contributed by atoms with E-state index in [1.54, 1.807) is 14.2 Å². The smallest absolute Gasteiger partial charge is 0.326 e. The molecule has 1 saturated heterocycles. The number of hydrogen-bond donors (Lipinski definition) is 0. The topological polar surface area (TPSA) is 107 Å². The van der Waals surface area contributed by atoms with E-state index in [-0.39, 0.29) is 37.4 Å². The molecule has 0 aromatic heterocycles. The normalized spacial score (nSPS) is 13.2. The molecule has 1 amide bonds. The van der Waals surface area contributed by atoms with E-state index in [9.17, 15) is 14.4 Å². The summed E-state index contributed by atoms with van der Waals surface area (Å²) >= 11 is 0. The van der Waals surface area contributed by atoms with Crippen LogP contribution in [0.25, 0.3) is 10.8 Å². The molecule has 11 heteroatoms. The number of nitrogens with zero attached hydrogens (tertiary/aromatic N) is 3. The molecule has 0 saturated carbocycles. The molecule has 5 rings (SSSR count). The van der Waals surface area contributed by atoms with Gasteiger partial charge in [0.25, 0.3) is 0 Å². The predicted octanol–water partition coefficient (Wildman–Crippen LogP) is 7.35. The van der Waals surface area contributed by atoms with Crippen molar-refractivity contribution in [3.8, 4) is 11.5 Å². The second kappa shape index (κ2) is 18.6. The number of amides is 1. The van der Waals surface area contributed by atoms with Crippen molar-refractivity contribution in [3.05, 3.63) is 95.6 Å². The van der Waals surface area contributed by atoms with Gasteiger partial charge < -0.3 is 38.4 Å². The Labute approximate surface area is 331 Å². The summed E-state index contributed by atoms with van der Waals surface area (Å²) in [6, 6.07) is 25.6. The number of methoxy groups -OCH3 is 2. The van der Waals surface area contributed by atoms with Gasteiger partial charge in [0.05, 0.1) is 27.4 Å². The lowest BCUT2D eigenvalue weighted by Gasteiger charge is -2.33.